The van der Waals surface area contributed by atoms with Crippen LogP contribution in [0.1, 0.15) is 31.2 Å². The first-order chi connectivity index (χ1) is 11.0. The first-order valence-electron chi connectivity index (χ1n) is 7.86. The number of carboxylic acids is 1. The van der Waals surface area contributed by atoms with Crippen LogP contribution in [0.15, 0.2) is 24.3 Å². The van der Waals surface area contributed by atoms with Crippen molar-refractivity contribution in [3.05, 3.63) is 34.9 Å². The van der Waals surface area contributed by atoms with Crippen molar-refractivity contribution in [1.82, 2.24) is 4.90 Å². The molecule has 1 fully saturated rings. The molecule has 0 saturated carbocycles. The van der Waals surface area contributed by atoms with Crippen molar-refractivity contribution in [2.75, 3.05) is 26.3 Å². The van der Waals surface area contributed by atoms with E-state index >= 15 is 0 Å². The fraction of sp³-hybridized carbons (Fsp3) is 0.529. The van der Waals surface area contributed by atoms with E-state index in [0.717, 1.165) is 5.56 Å². The molecule has 0 aromatic heterocycles. The summed E-state index contributed by atoms with van der Waals surface area (Å²) in [5.74, 6) is -1.64. The van der Waals surface area contributed by atoms with E-state index in [1.54, 1.807) is 17.0 Å². The van der Waals surface area contributed by atoms with E-state index in [-0.39, 0.29) is 18.4 Å². The van der Waals surface area contributed by atoms with Crippen LogP contribution in [0.3, 0.4) is 0 Å². The maximum Gasteiger partial charge on any atom is 0.308 e. The highest BCUT2D eigenvalue weighted by Crippen LogP contribution is 2.33. The third-order valence-corrected chi connectivity index (χ3v) is 4.42. The van der Waals surface area contributed by atoms with Gasteiger partial charge in [-0.3, -0.25) is 9.59 Å². The van der Waals surface area contributed by atoms with Gasteiger partial charge in [0, 0.05) is 43.7 Å². The molecule has 6 heteroatoms. The molecule has 1 aromatic rings. The summed E-state index contributed by atoms with van der Waals surface area (Å²) in [7, 11) is 0. The lowest BCUT2D eigenvalue weighted by Gasteiger charge is -2.16. The number of ether oxygens (including phenoxy) is 1. The highest BCUT2D eigenvalue weighted by molar-refractivity contribution is 6.30. The van der Waals surface area contributed by atoms with Gasteiger partial charge in [-0.25, -0.2) is 0 Å². The molecular formula is C17H22ClNO4. The Balaban J connectivity index is 2.01. The topological polar surface area (TPSA) is 66.8 Å². The Morgan fingerprint density at radius 3 is 2.61 bits per heavy atom. The molecule has 2 rings (SSSR count). The summed E-state index contributed by atoms with van der Waals surface area (Å²) in [6, 6.07) is 7.18. The molecule has 1 heterocycles. The van der Waals surface area contributed by atoms with Crippen LogP contribution in [0.25, 0.3) is 0 Å². The predicted molar refractivity (Wildman–Crippen MR) is 87.6 cm³/mol. The van der Waals surface area contributed by atoms with Gasteiger partial charge in [0.15, 0.2) is 0 Å². The summed E-state index contributed by atoms with van der Waals surface area (Å²) in [5, 5.41) is 10.1. The number of hydrogen-bond acceptors (Lipinski definition) is 3. The van der Waals surface area contributed by atoms with Gasteiger partial charge < -0.3 is 14.7 Å². The molecule has 1 aliphatic heterocycles. The summed E-state index contributed by atoms with van der Waals surface area (Å²) in [4.78, 5) is 25.5. The Hall–Kier alpha value is -1.59. The predicted octanol–water partition coefficient (Wildman–Crippen LogP) is 2.78. The van der Waals surface area contributed by atoms with Crippen LogP contribution in [0.4, 0.5) is 0 Å². The second kappa shape index (κ2) is 8.31. The van der Waals surface area contributed by atoms with Gasteiger partial charge in [0.2, 0.25) is 5.91 Å². The second-order valence-electron chi connectivity index (χ2n) is 5.70. The largest absolute Gasteiger partial charge is 0.481 e. The number of amides is 1. The molecule has 0 bridgehead atoms. The highest BCUT2D eigenvalue weighted by Gasteiger charge is 2.40. The SMILES string of the molecule is CCOCCCC(=O)N1C[C@@H](C(=O)O)[C@H](c2ccc(Cl)cc2)C1. The van der Waals surface area contributed by atoms with Crippen molar-refractivity contribution in [2.24, 2.45) is 5.92 Å². The van der Waals surface area contributed by atoms with Crippen molar-refractivity contribution in [3.8, 4) is 0 Å². The average Bonchev–Trinajstić information content (AvgIpc) is 2.98. The van der Waals surface area contributed by atoms with E-state index in [4.69, 9.17) is 16.3 Å². The molecule has 23 heavy (non-hydrogen) atoms. The Bertz CT molecular complexity index is 546. The zero-order chi connectivity index (χ0) is 16.8. The van der Waals surface area contributed by atoms with Gasteiger partial charge in [0.1, 0.15) is 0 Å². The Kier molecular flexibility index (Phi) is 6.42. The third-order valence-electron chi connectivity index (χ3n) is 4.17. The Morgan fingerprint density at radius 2 is 2.00 bits per heavy atom. The van der Waals surface area contributed by atoms with E-state index in [9.17, 15) is 14.7 Å². The number of carbonyl (C=O) groups is 2. The molecule has 1 saturated heterocycles. The summed E-state index contributed by atoms with van der Waals surface area (Å²) in [5.41, 5.74) is 0.909. The Morgan fingerprint density at radius 1 is 1.30 bits per heavy atom. The van der Waals surface area contributed by atoms with Crippen LogP contribution in [0, 0.1) is 5.92 Å². The molecule has 1 aliphatic rings. The van der Waals surface area contributed by atoms with Crippen LogP contribution in [0.2, 0.25) is 5.02 Å². The highest BCUT2D eigenvalue weighted by atomic mass is 35.5. The summed E-state index contributed by atoms with van der Waals surface area (Å²) in [6.07, 6.45) is 1.05. The van der Waals surface area contributed by atoms with Crippen LogP contribution in [0.5, 0.6) is 0 Å². The number of halogens is 1. The number of aliphatic carboxylic acids is 1. The monoisotopic (exact) mass is 339 g/mol. The first-order valence-corrected chi connectivity index (χ1v) is 8.24. The lowest BCUT2D eigenvalue weighted by molar-refractivity contribution is -0.141. The second-order valence-corrected chi connectivity index (χ2v) is 6.14. The Labute approximate surface area is 141 Å². The minimum atomic E-state index is -0.866. The maximum absolute atomic E-state index is 12.3. The average molecular weight is 340 g/mol. The van der Waals surface area contributed by atoms with Crippen molar-refractivity contribution < 1.29 is 19.4 Å². The van der Waals surface area contributed by atoms with Gasteiger partial charge in [0.05, 0.1) is 5.92 Å². The zero-order valence-electron chi connectivity index (χ0n) is 13.2. The molecule has 2 atom stereocenters. The number of carbonyl (C=O) groups excluding carboxylic acids is 1. The minimum Gasteiger partial charge on any atom is -0.481 e. The van der Waals surface area contributed by atoms with Gasteiger partial charge in [-0.1, -0.05) is 23.7 Å². The quantitative estimate of drug-likeness (QED) is 0.776. The fourth-order valence-electron chi connectivity index (χ4n) is 2.93. The van der Waals surface area contributed by atoms with Gasteiger partial charge in [-0.2, -0.15) is 0 Å². The van der Waals surface area contributed by atoms with E-state index in [1.165, 1.54) is 0 Å². The molecule has 1 aromatic carbocycles. The standard InChI is InChI=1S/C17H22ClNO4/c1-2-23-9-3-4-16(20)19-10-14(15(11-19)17(21)22)12-5-7-13(18)8-6-12/h5-8,14-15H,2-4,9-11H2,1H3,(H,21,22)/t14-,15+/m0/s1. The van der Waals surface area contributed by atoms with E-state index in [0.29, 0.717) is 37.6 Å². The zero-order valence-corrected chi connectivity index (χ0v) is 14.0. The first kappa shape index (κ1) is 17.8. The van der Waals surface area contributed by atoms with Crippen LogP contribution in [-0.2, 0) is 14.3 Å². The summed E-state index contributed by atoms with van der Waals surface area (Å²) in [6.45, 7) is 3.80. The maximum atomic E-state index is 12.3. The molecule has 126 valence electrons. The van der Waals surface area contributed by atoms with Crippen molar-refractivity contribution in [2.45, 2.75) is 25.7 Å². The lowest BCUT2D eigenvalue weighted by atomic mass is 9.89. The molecule has 0 spiro atoms. The molecule has 0 radical (unpaired) electrons. The number of hydrogen-bond donors (Lipinski definition) is 1. The van der Waals surface area contributed by atoms with Crippen molar-refractivity contribution in [3.63, 3.8) is 0 Å². The number of nitrogens with zero attached hydrogens (tertiary/aromatic N) is 1. The smallest absolute Gasteiger partial charge is 0.308 e. The van der Waals surface area contributed by atoms with E-state index in [1.807, 2.05) is 19.1 Å². The number of rotatable bonds is 7. The third kappa shape index (κ3) is 4.69. The normalized spacial score (nSPS) is 20.7. The van der Waals surface area contributed by atoms with Crippen molar-refractivity contribution >= 4 is 23.5 Å². The summed E-state index contributed by atoms with van der Waals surface area (Å²) < 4.78 is 5.23. The van der Waals surface area contributed by atoms with E-state index in [2.05, 4.69) is 0 Å². The lowest BCUT2D eigenvalue weighted by Crippen LogP contribution is -2.29. The fourth-order valence-corrected chi connectivity index (χ4v) is 3.06. The number of benzene rings is 1. The van der Waals surface area contributed by atoms with Gasteiger partial charge in [-0.15, -0.1) is 0 Å². The van der Waals surface area contributed by atoms with Crippen molar-refractivity contribution in [1.29, 1.82) is 0 Å². The molecule has 1 N–H and O–H groups in total. The molecule has 1 amide bonds. The van der Waals surface area contributed by atoms with Crippen LogP contribution >= 0.6 is 11.6 Å². The van der Waals surface area contributed by atoms with E-state index < -0.39 is 11.9 Å². The van der Waals surface area contributed by atoms with Gasteiger partial charge in [-0.05, 0) is 31.0 Å². The van der Waals surface area contributed by atoms with Crippen LogP contribution < -0.4 is 0 Å². The van der Waals surface area contributed by atoms with Crippen LogP contribution in [-0.4, -0.2) is 48.2 Å². The van der Waals surface area contributed by atoms with Gasteiger partial charge in [0.25, 0.3) is 0 Å². The van der Waals surface area contributed by atoms with Gasteiger partial charge >= 0.3 is 5.97 Å². The summed E-state index contributed by atoms with van der Waals surface area (Å²) >= 11 is 5.89. The number of carboxylic acid groups (broad SMARTS) is 1. The minimum absolute atomic E-state index is 0.00702. The molecule has 0 aliphatic carbocycles. The molecular weight excluding hydrogens is 318 g/mol. The molecule has 5 nitrogen and oxygen atoms in total. The number of likely N-dealkylation sites (tertiary alicyclic amines) is 1. The molecule has 0 unspecified atom stereocenters.